The number of methoxy groups -OCH3 is 2. The summed E-state index contributed by atoms with van der Waals surface area (Å²) in [5.41, 5.74) is 2.99. The highest BCUT2D eigenvalue weighted by Crippen LogP contribution is 2.39. The molecule has 0 bridgehead atoms. The molecule has 1 saturated heterocycles. The van der Waals surface area contributed by atoms with E-state index in [0.29, 0.717) is 45.5 Å². The third kappa shape index (κ3) is 10.6. The van der Waals surface area contributed by atoms with Crippen molar-refractivity contribution in [1.82, 2.24) is 25.5 Å². The molecule has 2 N–H and O–H groups in total. The summed E-state index contributed by atoms with van der Waals surface area (Å²) in [6.45, 7) is 3.52. The number of amides is 1. The van der Waals surface area contributed by atoms with Gasteiger partial charge in [-0.2, -0.15) is 5.21 Å². The molecule has 5 rings (SSSR count). The number of hydrogen-bond donors (Lipinski definition) is 2. The van der Waals surface area contributed by atoms with Crippen LogP contribution in [0.3, 0.4) is 0 Å². The summed E-state index contributed by atoms with van der Waals surface area (Å²) in [7, 11) is 3.32. The number of aliphatic hydroxyl groups excluding tert-OH is 1. The number of nitrogens with one attached hydrogen (secondary N) is 1. The number of carbonyl (C=O) groups excluding carboxylic acids is 1. The van der Waals surface area contributed by atoms with Crippen molar-refractivity contribution in [3.05, 3.63) is 69.5 Å². The molecule has 1 amide bonds. The molecule has 3 aromatic rings. The van der Waals surface area contributed by atoms with E-state index in [1.807, 2.05) is 36.4 Å². The van der Waals surface area contributed by atoms with Crippen LogP contribution >= 0.6 is 0 Å². The maximum Gasteiger partial charge on any atom is 0.410 e. The summed E-state index contributed by atoms with van der Waals surface area (Å²) in [5, 5.41) is 34.4. The molecular weight excluding hydrogens is 666 g/mol. The number of rotatable bonds is 19. The van der Waals surface area contributed by atoms with Crippen LogP contribution in [0.15, 0.2) is 42.5 Å². The lowest BCUT2D eigenvalue weighted by atomic mass is 9.81. The third-order valence-corrected chi connectivity index (χ3v) is 9.16. The van der Waals surface area contributed by atoms with Gasteiger partial charge in [0.15, 0.2) is 0 Å². The van der Waals surface area contributed by atoms with Crippen LogP contribution in [0, 0.1) is 10.1 Å². The molecule has 17 heteroatoms. The molecule has 51 heavy (non-hydrogen) atoms. The zero-order chi connectivity index (χ0) is 36.0. The number of likely N-dealkylation sites (tertiary alicyclic amines) is 1. The lowest BCUT2D eigenvalue weighted by molar-refractivity contribution is -0.757. The highest BCUT2D eigenvalue weighted by atomic mass is 16.9. The van der Waals surface area contributed by atoms with Crippen molar-refractivity contribution in [3.63, 3.8) is 0 Å². The van der Waals surface area contributed by atoms with Gasteiger partial charge in [0, 0.05) is 38.6 Å². The molecule has 4 atom stereocenters. The normalized spacial score (nSPS) is 19.2. The fraction of sp³-hybridized carbons (Fsp3) is 0.588. The van der Waals surface area contributed by atoms with E-state index in [1.165, 1.54) is 0 Å². The molecule has 2 aliphatic rings. The van der Waals surface area contributed by atoms with Crippen LogP contribution in [0.2, 0.25) is 0 Å². The molecule has 2 aromatic carbocycles. The second-order valence-electron chi connectivity index (χ2n) is 12.5. The van der Waals surface area contributed by atoms with Crippen molar-refractivity contribution in [2.45, 2.75) is 69.3 Å². The largest absolute Gasteiger partial charge is 0.497 e. The zero-order valence-electron chi connectivity index (χ0n) is 29.1. The molecule has 1 fully saturated rings. The molecule has 0 radical (unpaired) electrons. The molecule has 4 unspecified atom stereocenters. The Labute approximate surface area is 296 Å². The van der Waals surface area contributed by atoms with Crippen LogP contribution in [0.5, 0.6) is 11.5 Å². The fourth-order valence-electron chi connectivity index (χ4n) is 6.54. The number of H-pyrrole nitrogens is 1. The Kier molecular flexibility index (Phi) is 14.0. The maximum atomic E-state index is 13.7. The van der Waals surface area contributed by atoms with Crippen LogP contribution in [0.4, 0.5) is 10.5 Å². The zero-order valence-corrected chi connectivity index (χ0v) is 29.1. The van der Waals surface area contributed by atoms with E-state index < -0.39 is 29.4 Å². The smallest absolute Gasteiger partial charge is 0.410 e. The van der Waals surface area contributed by atoms with Gasteiger partial charge in [-0.15, -0.1) is 20.3 Å². The van der Waals surface area contributed by atoms with Crippen LogP contribution in [0.25, 0.3) is 0 Å². The SMILES string of the molecule is COCCCN1CCOc2ccc(COC3CN(C(=O)OCCCCCO[N+](=O)[O-])C(CC(O)c4nn[nH]n4)CC3c3ccc(OC)cc3)cc21. The molecule has 2 aliphatic heterocycles. The van der Waals surface area contributed by atoms with Crippen molar-refractivity contribution in [3.8, 4) is 11.5 Å². The number of fused-ring (bicyclic) bond motifs is 1. The number of ether oxygens (including phenoxy) is 5. The van der Waals surface area contributed by atoms with E-state index >= 15 is 0 Å². The fourth-order valence-corrected chi connectivity index (χ4v) is 6.54. The Bertz CT molecular complexity index is 1510. The van der Waals surface area contributed by atoms with Crippen molar-refractivity contribution >= 4 is 11.8 Å². The van der Waals surface area contributed by atoms with Crippen molar-refractivity contribution in [2.75, 3.05) is 65.2 Å². The molecule has 0 spiro atoms. The number of anilines is 1. The van der Waals surface area contributed by atoms with Gasteiger partial charge in [0.05, 0.1) is 51.8 Å². The van der Waals surface area contributed by atoms with Crippen LogP contribution in [-0.4, -0.2) is 114 Å². The number of hydrogen-bond acceptors (Lipinski definition) is 14. The minimum Gasteiger partial charge on any atom is -0.497 e. The standard InChI is InChI=1S/C34H47N7O10/c1-46-15-6-13-39-14-18-48-31-12-7-24(19-29(31)39)23-50-32-22-40(34(43)49-16-4-3-5-17-51-41(44)45)26(21-30(42)33-35-37-38-36-33)20-28(32)25-8-10-27(47-2)11-9-25/h7-12,19,26,28,30,32,42H,3-6,13-18,20-23H2,1-2H3,(H,35,36,37,38). The van der Waals surface area contributed by atoms with Crippen molar-refractivity contribution < 1.29 is 43.5 Å². The minimum absolute atomic E-state index is 0.0159. The Hall–Kier alpha value is -4.74. The van der Waals surface area contributed by atoms with Gasteiger partial charge < -0.3 is 43.4 Å². The number of aliphatic hydroxyl groups is 1. The molecule has 0 aliphatic carbocycles. The van der Waals surface area contributed by atoms with Crippen LogP contribution in [0.1, 0.15) is 67.5 Å². The average molecular weight is 714 g/mol. The monoisotopic (exact) mass is 713 g/mol. The predicted octanol–water partition coefficient (Wildman–Crippen LogP) is 3.83. The van der Waals surface area contributed by atoms with Crippen LogP contribution < -0.4 is 14.4 Å². The van der Waals surface area contributed by atoms with E-state index in [4.69, 9.17) is 23.7 Å². The summed E-state index contributed by atoms with van der Waals surface area (Å²) in [4.78, 5) is 32.3. The number of carbonyl (C=O) groups is 1. The highest BCUT2D eigenvalue weighted by molar-refractivity contribution is 5.68. The molecular formula is C34H47N7O10. The van der Waals surface area contributed by atoms with Gasteiger partial charge in [-0.05, 0) is 67.5 Å². The molecule has 17 nitrogen and oxygen atoms in total. The van der Waals surface area contributed by atoms with E-state index in [-0.39, 0.29) is 37.9 Å². The third-order valence-electron chi connectivity index (χ3n) is 9.16. The molecule has 1 aromatic heterocycles. The number of piperidine rings is 1. The Morgan fingerprint density at radius 3 is 2.69 bits per heavy atom. The average Bonchev–Trinajstić information content (AvgIpc) is 3.69. The number of aromatic nitrogens is 4. The van der Waals surface area contributed by atoms with Crippen molar-refractivity contribution in [2.24, 2.45) is 0 Å². The number of nitrogens with zero attached hydrogens (tertiary/aromatic N) is 6. The van der Waals surface area contributed by atoms with Gasteiger partial charge in [0.2, 0.25) is 5.82 Å². The first-order valence-corrected chi connectivity index (χ1v) is 17.2. The van der Waals surface area contributed by atoms with E-state index in [2.05, 4.69) is 36.4 Å². The molecule has 3 heterocycles. The number of unbranched alkanes of at least 4 members (excludes halogenated alkanes) is 2. The molecule has 0 saturated carbocycles. The van der Waals surface area contributed by atoms with E-state index in [0.717, 1.165) is 47.8 Å². The predicted molar refractivity (Wildman–Crippen MR) is 182 cm³/mol. The second kappa shape index (κ2) is 19.0. The summed E-state index contributed by atoms with van der Waals surface area (Å²) in [6.07, 6.45) is 1.02. The quantitative estimate of drug-likeness (QED) is 0.103. The first-order chi connectivity index (χ1) is 24.9. The van der Waals surface area contributed by atoms with E-state index in [1.54, 1.807) is 19.1 Å². The Balaban J connectivity index is 1.33. The number of aromatic amines is 1. The van der Waals surface area contributed by atoms with Crippen LogP contribution in [-0.2, 0) is 25.7 Å². The van der Waals surface area contributed by atoms with Gasteiger partial charge in [-0.3, -0.25) is 0 Å². The Morgan fingerprint density at radius 2 is 1.94 bits per heavy atom. The summed E-state index contributed by atoms with van der Waals surface area (Å²) in [5.74, 6) is 1.54. The maximum absolute atomic E-state index is 13.7. The van der Waals surface area contributed by atoms with E-state index in [9.17, 15) is 20.0 Å². The minimum atomic E-state index is -1.08. The first-order valence-electron chi connectivity index (χ1n) is 17.2. The number of tetrazole rings is 1. The summed E-state index contributed by atoms with van der Waals surface area (Å²) < 4.78 is 29.0. The van der Waals surface area contributed by atoms with Gasteiger partial charge in [0.25, 0.3) is 5.09 Å². The van der Waals surface area contributed by atoms with Gasteiger partial charge >= 0.3 is 6.09 Å². The first kappa shape index (κ1) is 37.5. The number of benzene rings is 2. The highest BCUT2D eigenvalue weighted by Gasteiger charge is 2.41. The van der Waals surface area contributed by atoms with Gasteiger partial charge in [-0.25, -0.2) is 4.79 Å². The Morgan fingerprint density at radius 1 is 1.12 bits per heavy atom. The second-order valence-corrected chi connectivity index (χ2v) is 12.5. The summed E-state index contributed by atoms with van der Waals surface area (Å²) in [6, 6.07) is 13.4. The molecule has 278 valence electrons. The van der Waals surface area contributed by atoms with Crippen molar-refractivity contribution in [1.29, 1.82) is 0 Å². The topological polar surface area (TPSA) is 197 Å². The van der Waals surface area contributed by atoms with Gasteiger partial charge in [0.1, 0.15) is 24.2 Å². The lowest BCUT2D eigenvalue weighted by Crippen LogP contribution is -2.53. The lowest BCUT2D eigenvalue weighted by Gasteiger charge is -2.44. The van der Waals surface area contributed by atoms with Gasteiger partial charge in [-0.1, -0.05) is 23.4 Å². The summed E-state index contributed by atoms with van der Waals surface area (Å²) >= 11 is 0.